The lowest BCUT2D eigenvalue weighted by Crippen LogP contribution is -2.09. The highest BCUT2D eigenvalue weighted by molar-refractivity contribution is 5.95. The van der Waals surface area contributed by atoms with E-state index in [1.165, 1.54) is 25.7 Å². The smallest absolute Gasteiger partial charge is 0.311 e. The Hall–Kier alpha value is -0.860. The molecule has 0 spiro atoms. The van der Waals surface area contributed by atoms with E-state index in [-0.39, 0.29) is 12.4 Å². The first-order valence-electron chi connectivity index (χ1n) is 5.86. The summed E-state index contributed by atoms with van der Waals surface area (Å²) < 4.78 is 4.98. The van der Waals surface area contributed by atoms with E-state index in [4.69, 9.17) is 10.1 Å². The Morgan fingerprint density at radius 3 is 2.33 bits per heavy atom. The fourth-order valence-corrected chi connectivity index (χ4v) is 1.34. The molecular formula is C12H23NO2. The van der Waals surface area contributed by atoms with Gasteiger partial charge in [-0.05, 0) is 13.3 Å². The molecule has 15 heavy (non-hydrogen) atoms. The lowest BCUT2D eigenvalue weighted by molar-refractivity contribution is -0.142. The van der Waals surface area contributed by atoms with Gasteiger partial charge in [-0.2, -0.15) is 0 Å². The highest BCUT2D eigenvalue weighted by atomic mass is 16.5. The van der Waals surface area contributed by atoms with Crippen LogP contribution >= 0.6 is 0 Å². The minimum atomic E-state index is -0.268. The van der Waals surface area contributed by atoms with Crippen LogP contribution in [0.15, 0.2) is 0 Å². The zero-order valence-electron chi connectivity index (χ0n) is 9.97. The second-order valence-electron chi connectivity index (χ2n) is 3.95. The Kier molecular flexibility index (Phi) is 9.13. The van der Waals surface area contributed by atoms with Crippen LogP contribution in [0.4, 0.5) is 0 Å². The molecule has 0 amide bonds. The molecule has 0 atom stereocenters. The molecular weight excluding hydrogens is 190 g/mol. The number of nitrogens with one attached hydrogen (secondary N) is 1. The van der Waals surface area contributed by atoms with E-state index in [1.54, 1.807) is 6.92 Å². The van der Waals surface area contributed by atoms with Crippen molar-refractivity contribution in [3.63, 3.8) is 0 Å². The molecule has 0 heterocycles. The van der Waals surface area contributed by atoms with Gasteiger partial charge < -0.3 is 10.1 Å². The lowest BCUT2D eigenvalue weighted by Gasteiger charge is -2.03. The molecule has 0 saturated heterocycles. The van der Waals surface area contributed by atoms with E-state index in [2.05, 4.69) is 6.92 Å². The summed E-state index contributed by atoms with van der Waals surface area (Å²) in [6.45, 7) is 4.33. The molecule has 3 heteroatoms. The molecule has 0 aromatic rings. The third-order valence-electron chi connectivity index (χ3n) is 2.17. The Balaban J connectivity index is 3.16. The average Bonchev–Trinajstić information content (AvgIpc) is 2.15. The summed E-state index contributed by atoms with van der Waals surface area (Å²) in [6.07, 6.45) is 7.29. The molecule has 0 aliphatic heterocycles. The van der Waals surface area contributed by atoms with Crippen molar-refractivity contribution in [1.29, 1.82) is 5.41 Å². The Morgan fingerprint density at radius 1 is 1.13 bits per heavy atom. The van der Waals surface area contributed by atoms with Crippen molar-refractivity contribution in [2.45, 2.75) is 58.8 Å². The fourth-order valence-electron chi connectivity index (χ4n) is 1.34. The molecule has 0 bridgehead atoms. The van der Waals surface area contributed by atoms with E-state index < -0.39 is 0 Å². The minimum Gasteiger partial charge on any atom is -0.465 e. The van der Waals surface area contributed by atoms with Crippen LogP contribution in [0, 0.1) is 5.41 Å². The summed E-state index contributed by atoms with van der Waals surface area (Å²) >= 11 is 0. The first-order valence-corrected chi connectivity index (χ1v) is 5.86. The standard InChI is InChI=1S/C12H23NO2/c1-3-4-5-6-7-8-9-15-12(14)10-11(2)13/h13H,3-10H2,1-2H3. The van der Waals surface area contributed by atoms with Gasteiger partial charge in [0.05, 0.1) is 13.0 Å². The SMILES string of the molecule is CCCCCCCCOC(=O)CC(C)=N. The van der Waals surface area contributed by atoms with Crippen LogP contribution in [-0.2, 0) is 9.53 Å². The maximum Gasteiger partial charge on any atom is 0.311 e. The number of carbonyl (C=O) groups is 1. The van der Waals surface area contributed by atoms with Crippen molar-refractivity contribution in [1.82, 2.24) is 0 Å². The molecule has 0 aromatic carbocycles. The summed E-state index contributed by atoms with van der Waals surface area (Å²) in [5.41, 5.74) is 0.364. The number of carbonyl (C=O) groups excluding carboxylic acids is 1. The molecule has 0 aliphatic carbocycles. The van der Waals surface area contributed by atoms with Gasteiger partial charge in [-0.25, -0.2) is 0 Å². The monoisotopic (exact) mass is 213 g/mol. The number of ether oxygens (including phenoxy) is 1. The van der Waals surface area contributed by atoms with Gasteiger partial charge in [-0.15, -0.1) is 0 Å². The molecule has 1 N–H and O–H groups in total. The van der Waals surface area contributed by atoms with Crippen LogP contribution in [-0.4, -0.2) is 18.3 Å². The Bertz CT molecular complexity index is 190. The third kappa shape index (κ3) is 11.1. The number of hydrogen-bond acceptors (Lipinski definition) is 3. The summed E-state index contributed by atoms with van der Waals surface area (Å²) in [4.78, 5) is 11.0. The molecule has 0 saturated carbocycles. The molecule has 0 unspecified atom stereocenters. The topological polar surface area (TPSA) is 50.2 Å². The molecule has 0 fully saturated rings. The molecule has 3 nitrogen and oxygen atoms in total. The minimum absolute atomic E-state index is 0.135. The van der Waals surface area contributed by atoms with Gasteiger partial charge in [0, 0.05) is 5.71 Å². The van der Waals surface area contributed by atoms with E-state index in [9.17, 15) is 4.79 Å². The van der Waals surface area contributed by atoms with Crippen LogP contribution in [0.3, 0.4) is 0 Å². The predicted molar refractivity (Wildman–Crippen MR) is 62.4 cm³/mol. The first-order chi connectivity index (χ1) is 7.16. The zero-order chi connectivity index (χ0) is 11.5. The van der Waals surface area contributed by atoms with Crippen molar-refractivity contribution < 1.29 is 9.53 Å². The Labute approximate surface area is 92.7 Å². The second-order valence-corrected chi connectivity index (χ2v) is 3.95. The van der Waals surface area contributed by atoms with Crippen molar-refractivity contribution >= 4 is 11.7 Å². The average molecular weight is 213 g/mol. The maximum atomic E-state index is 11.0. The number of hydrogen-bond donors (Lipinski definition) is 1. The first kappa shape index (κ1) is 14.1. The van der Waals surface area contributed by atoms with E-state index >= 15 is 0 Å². The van der Waals surface area contributed by atoms with Crippen molar-refractivity contribution in [3.8, 4) is 0 Å². The van der Waals surface area contributed by atoms with Gasteiger partial charge >= 0.3 is 5.97 Å². The van der Waals surface area contributed by atoms with E-state index in [1.807, 2.05) is 0 Å². The molecule has 0 radical (unpaired) electrons. The summed E-state index contributed by atoms with van der Waals surface area (Å²) in [5.74, 6) is -0.268. The van der Waals surface area contributed by atoms with Gasteiger partial charge in [-0.1, -0.05) is 39.0 Å². The van der Waals surface area contributed by atoms with Crippen LogP contribution in [0.5, 0.6) is 0 Å². The summed E-state index contributed by atoms with van der Waals surface area (Å²) in [5, 5.41) is 7.12. The van der Waals surface area contributed by atoms with Crippen LogP contribution in [0.25, 0.3) is 0 Å². The number of esters is 1. The maximum absolute atomic E-state index is 11.0. The Morgan fingerprint density at radius 2 is 1.73 bits per heavy atom. The summed E-state index contributed by atoms with van der Waals surface area (Å²) in [7, 11) is 0. The van der Waals surface area contributed by atoms with Gasteiger partial charge in [0.2, 0.25) is 0 Å². The molecule has 88 valence electrons. The largest absolute Gasteiger partial charge is 0.465 e. The highest BCUT2D eigenvalue weighted by Gasteiger charge is 2.02. The second kappa shape index (κ2) is 9.69. The molecule has 0 rings (SSSR count). The van der Waals surface area contributed by atoms with Crippen LogP contribution < -0.4 is 0 Å². The number of rotatable bonds is 9. The molecule has 0 aromatic heterocycles. The number of unbranched alkanes of at least 4 members (excludes halogenated alkanes) is 5. The summed E-state index contributed by atoms with van der Waals surface area (Å²) in [6, 6.07) is 0. The third-order valence-corrected chi connectivity index (χ3v) is 2.17. The highest BCUT2D eigenvalue weighted by Crippen LogP contribution is 2.05. The fraction of sp³-hybridized carbons (Fsp3) is 0.833. The van der Waals surface area contributed by atoms with Crippen molar-refractivity contribution in [2.75, 3.05) is 6.61 Å². The van der Waals surface area contributed by atoms with Crippen molar-refractivity contribution in [2.24, 2.45) is 0 Å². The normalized spacial score (nSPS) is 10.0. The van der Waals surface area contributed by atoms with Gasteiger partial charge in [0.15, 0.2) is 0 Å². The van der Waals surface area contributed by atoms with Gasteiger partial charge in [0.1, 0.15) is 0 Å². The van der Waals surface area contributed by atoms with Crippen LogP contribution in [0.2, 0.25) is 0 Å². The zero-order valence-corrected chi connectivity index (χ0v) is 9.97. The predicted octanol–water partition coefficient (Wildman–Crippen LogP) is 3.32. The van der Waals surface area contributed by atoms with Crippen molar-refractivity contribution in [3.05, 3.63) is 0 Å². The van der Waals surface area contributed by atoms with E-state index in [0.717, 1.165) is 12.8 Å². The van der Waals surface area contributed by atoms with Gasteiger partial charge in [-0.3, -0.25) is 4.79 Å². The molecule has 0 aliphatic rings. The van der Waals surface area contributed by atoms with Crippen LogP contribution in [0.1, 0.15) is 58.8 Å². The lowest BCUT2D eigenvalue weighted by atomic mass is 10.1. The van der Waals surface area contributed by atoms with Gasteiger partial charge in [0.25, 0.3) is 0 Å². The van der Waals surface area contributed by atoms with E-state index in [0.29, 0.717) is 12.3 Å². The quantitative estimate of drug-likeness (QED) is 0.363.